The molecule has 0 bridgehead atoms. The number of imidazole rings is 1. The lowest BCUT2D eigenvalue weighted by atomic mass is 10.2. The molecule has 3 N–H and O–H groups in total. The molecule has 0 saturated carbocycles. The van der Waals surface area contributed by atoms with Gasteiger partial charge in [0.15, 0.2) is 0 Å². The Morgan fingerprint density at radius 2 is 1.96 bits per heavy atom. The van der Waals surface area contributed by atoms with Crippen LogP contribution in [0.3, 0.4) is 0 Å². The number of carbonyl (C=O) groups is 1. The number of rotatable bonds is 4. The minimum Gasteiger partial charge on any atom is -0.349 e. The Kier molecular flexibility index (Phi) is 3.92. The molecule has 118 valence electrons. The summed E-state index contributed by atoms with van der Waals surface area (Å²) in [7, 11) is 0. The average molecular weight is 311 g/mol. The van der Waals surface area contributed by atoms with Gasteiger partial charge in [-0.2, -0.15) is 0 Å². The van der Waals surface area contributed by atoms with E-state index in [4.69, 9.17) is 0 Å². The largest absolute Gasteiger partial charge is 0.349 e. The Morgan fingerprint density at radius 1 is 1.17 bits per heavy atom. The Hall–Kier alpha value is -2.96. The van der Waals surface area contributed by atoms with Gasteiger partial charge in [0.05, 0.1) is 29.7 Å². The van der Waals surface area contributed by atoms with E-state index in [2.05, 4.69) is 25.3 Å². The van der Waals surface area contributed by atoms with Crippen LogP contribution in [0.1, 0.15) is 22.9 Å². The van der Waals surface area contributed by atoms with E-state index < -0.39 is 0 Å². The van der Waals surface area contributed by atoms with E-state index in [-0.39, 0.29) is 17.9 Å². The maximum Gasteiger partial charge on any atom is 0.254 e. The van der Waals surface area contributed by atoms with Gasteiger partial charge in [0.25, 0.3) is 5.56 Å². The van der Waals surface area contributed by atoms with Gasteiger partial charge in [0, 0.05) is 5.56 Å². The number of amides is 1. The van der Waals surface area contributed by atoms with Crippen molar-refractivity contribution in [2.75, 3.05) is 0 Å². The number of aromatic nitrogens is 4. The molecule has 3 aromatic rings. The van der Waals surface area contributed by atoms with Crippen LogP contribution in [-0.2, 0) is 17.8 Å². The molecular weight excluding hydrogens is 294 g/mol. The highest BCUT2D eigenvalue weighted by molar-refractivity contribution is 5.78. The molecule has 0 spiro atoms. The van der Waals surface area contributed by atoms with Gasteiger partial charge >= 0.3 is 0 Å². The molecule has 0 fully saturated rings. The lowest BCUT2D eigenvalue weighted by Crippen LogP contribution is -2.27. The van der Waals surface area contributed by atoms with E-state index in [0.717, 1.165) is 11.0 Å². The Bertz CT molecular complexity index is 893. The normalized spacial score (nSPS) is 10.9. The summed E-state index contributed by atoms with van der Waals surface area (Å²) in [4.78, 5) is 38.1. The molecule has 1 amide bonds. The van der Waals surface area contributed by atoms with Gasteiger partial charge in [-0.25, -0.2) is 9.97 Å². The Morgan fingerprint density at radius 3 is 2.74 bits per heavy atom. The second kappa shape index (κ2) is 6.04. The first-order chi connectivity index (χ1) is 11.0. The number of aryl methyl sites for hydroxylation is 1. The Labute approximate surface area is 132 Å². The topological polar surface area (TPSA) is 104 Å². The number of hydrogen-bond acceptors (Lipinski definition) is 4. The summed E-state index contributed by atoms with van der Waals surface area (Å²) in [5.41, 5.74) is 2.54. The third-order valence-corrected chi connectivity index (χ3v) is 3.59. The van der Waals surface area contributed by atoms with Crippen molar-refractivity contribution in [3.05, 3.63) is 57.5 Å². The van der Waals surface area contributed by atoms with Crippen LogP contribution in [0.5, 0.6) is 0 Å². The second-order valence-electron chi connectivity index (χ2n) is 5.38. The van der Waals surface area contributed by atoms with Gasteiger partial charge < -0.3 is 15.3 Å². The number of nitrogens with zero attached hydrogens (tertiary/aromatic N) is 2. The van der Waals surface area contributed by atoms with Crippen LogP contribution in [0.15, 0.2) is 29.1 Å². The molecule has 7 nitrogen and oxygen atoms in total. The minimum absolute atomic E-state index is 0.0663. The van der Waals surface area contributed by atoms with Gasteiger partial charge in [-0.15, -0.1) is 0 Å². The summed E-state index contributed by atoms with van der Waals surface area (Å²) >= 11 is 0. The van der Waals surface area contributed by atoms with Crippen molar-refractivity contribution in [3.8, 4) is 0 Å². The summed E-state index contributed by atoms with van der Waals surface area (Å²) in [6.07, 6.45) is 0.0663. The number of aromatic amines is 2. The summed E-state index contributed by atoms with van der Waals surface area (Å²) in [6, 6.07) is 7.67. The molecule has 7 heteroatoms. The summed E-state index contributed by atoms with van der Waals surface area (Å²) in [5.74, 6) is 0.984. The quantitative estimate of drug-likeness (QED) is 0.671. The highest BCUT2D eigenvalue weighted by Crippen LogP contribution is 2.10. The SMILES string of the molecule is Cc1nc(CC(=O)NCc2nc3ccccc3[nH]2)c(C)c(=O)[nH]1. The van der Waals surface area contributed by atoms with Crippen molar-refractivity contribution in [2.45, 2.75) is 26.8 Å². The monoisotopic (exact) mass is 311 g/mol. The zero-order chi connectivity index (χ0) is 16.4. The highest BCUT2D eigenvalue weighted by Gasteiger charge is 2.11. The molecule has 23 heavy (non-hydrogen) atoms. The standard InChI is InChI=1S/C16H17N5O2/c1-9-13(18-10(2)19-16(9)23)7-15(22)17-8-14-20-11-5-3-4-6-12(11)21-14/h3-6H,7-8H2,1-2H3,(H,17,22)(H,20,21)(H,18,19,23). The van der Waals surface area contributed by atoms with Gasteiger partial charge in [0.2, 0.25) is 5.91 Å². The first kappa shape index (κ1) is 15.0. The lowest BCUT2D eigenvalue weighted by Gasteiger charge is -2.06. The second-order valence-corrected chi connectivity index (χ2v) is 5.38. The van der Waals surface area contributed by atoms with Crippen molar-refractivity contribution in [3.63, 3.8) is 0 Å². The number of fused-ring (bicyclic) bond motifs is 1. The van der Waals surface area contributed by atoms with Gasteiger partial charge in [-0.1, -0.05) is 12.1 Å². The molecule has 0 unspecified atom stereocenters. The van der Waals surface area contributed by atoms with Crippen LogP contribution >= 0.6 is 0 Å². The van der Waals surface area contributed by atoms with E-state index in [0.29, 0.717) is 29.5 Å². The molecule has 3 rings (SSSR count). The van der Waals surface area contributed by atoms with Crippen LogP contribution in [0.25, 0.3) is 11.0 Å². The summed E-state index contributed by atoms with van der Waals surface area (Å²) < 4.78 is 0. The Balaban J connectivity index is 1.67. The minimum atomic E-state index is -0.211. The maximum atomic E-state index is 12.1. The molecule has 0 radical (unpaired) electrons. The van der Waals surface area contributed by atoms with E-state index in [1.54, 1.807) is 13.8 Å². The zero-order valence-electron chi connectivity index (χ0n) is 12.9. The molecule has 0 atom stereocenters. The van der Waals surface area contributed by atoms with Gasteiger partial charge in [-0.05, 0) is 26.0 Å². The molecule has 0 aliphatic rings. The fraction of sp³-hybridized carbons (Fsp3) is 0.250. The summed E-state index contributed by atoms with van der Waals surface area (Å²) in [6.45, 7) is 3.65. The van der Waals surface area contributed by atoms with Crippen LogP contribution < -0.4 is 10.9 Å². The smallest absolute Gasteiger partial charge is 0.254 e. The van der Waals surface area contributed by atoms with E-state index in [1.807, 2.05) is 24.3 Å². The van der Waals surface area contributed by atoms with Crippen molar-refractivity contribution in [1.82, 2.24) is 25.3 Å². The van der Waals surface area contributed by atoms with Crippen molar-refractivity contribution in [2.24, 2.45) is 0 Å². The third-order valence-electron chi connectivity index (χ3n) is 3.59. The number of nitrogens with one attached hydrogen (secondary N) is 3. The highest BCUT2D eigenvalue weighted by atomic mass is 16.1. The van der Waals surface area contributed by atoms with Crippen molar-refractivity contribution < 1.29 is 4.79 Å². The molecule has 2 aromatic heterocycles. The van der Waals surface area contributed by atoms with Crippen molar-refractivity contribution in [1.29, 1.82) is 0 Å². The first-order valence-electron chi connectivity index (χ1n) is 7.29. The van der Waals surface area contributed by atoms with Crippen LogP contribution in [0.4, 0.5) is 0 Å². The maximum absolute atomic E-state index is 12.1. The van der Waals surface area contributed by atoms with E-state index in [1.165, 1.54) is 0 Å². The number of benzene rings is 1. The number of para-hydroxylation sites is 2. The molecular formula is C16H17N5O2. The van der Waals surface area contributed by atoms with E-state index >= 15 is 0 Å². The van der Waals surface area contributed by atoms with Crippen LogP contribution in [0.2, 0.25) is 0 Å². The first-order valence-corrected chi connectivity index (χ1v) is 7.29. The lowest BCUT2D eigenvalue weighted by molar-refractivity contribution is -0.120. The number of carbonyl (C=O) groups excluding carboxylic acids is 1. The zero-order valence-corrected chi connectivity index (χ0v) is 12.9. The molecule has 0 aliphatic carbocycles. The number of H-pyrrole nitrogens is 2. The van der Waals surface area contributed by atoms with Crippen LogP contribution in [-0.4, -0.2) is 25.8 Å². The summed E-state index contributed by atoms with van der Waals surface area (Å²) in [5, 5.41) is 2.79. The fourth-order valence-electron chi connectivity index (χ4n) is 2.36. The average Bonchev–Trinajstić information content (AvgIpc) is 2.93. The molecule has 2 heterocycles. The molecule has 0 aliphatic heterocycles. The number of hydrogen-bond donors (Lipinski definition) is 3. The van der Waals surface area contributed by atoms with Crippen LogP contribution in [0, 0.1) is 13.8 Å². The van der Waals surface area contributed by atoms with Gasteiger partial charge in [0.1, 0.15) is 11.6 Å². The van der Waals surface area contributed by atoms with E-state index in [9.17, 15) is 9.59 Å². The molecule has 1 aromatic carbocycles. The fourth-order valence-corrected chi connectivity index (χ4v) is 2.36. The third kappa shape index (κ3) is 3.28. The predicted molar refractivity (Wildman–Crippen MR) is 86.0 cm³/mol. The van der Waals surface area contributed by atoms with Gasteiger partial charge in [-0.3, -0.25) is 9.59 Å². The predicted octanol–water partition coefficient (Wildman–Crippen LogP) is 1.12. The molecule has 0 saturated heterocycles. The van der Waals surface area contributed by atoms with Crippen molar-refractivity contribution >= 4 is 16.9 Å².